The van der Waals surface area contributed by atoms with Crippen molar-refractivity contribution in [3.05, 3.63) is 0 Å². The third-order valence-electron chi connectivity index (χ3n) is 5.88. The van der Waals surface area contributed by atoms with Crippen molar-refractivity contribution in [2.45, 2.75) is 61.2 Å². The first-order chi connectivity index (χ1) is 10.8. The van der Waals surface area contributed by atoms with Gasteiger partial charge in [0.25, 0.3) is 0 Å². The Kier molecular flexibility index (Phi) is 3.29. The van der Waals surface area contributed by atoms with Gasteiger partial charge in [0, 0.05) is 24.2 Å². The van der Waals surface area contributed by atoms with Crippen LogP contribution >= 0.6 is 0 Å². The lowest BCUT2D eigenvalue weighted by Gasteiger charge is -2.55. The molecule has 124 valence electrons. The van der Waals surface area contributed by atoms with Crippen LogP contribution in [0.4, 0.5) is 0 Å². The van der Waals surface area contributed by atoms with Gasteiger partial charge >= 0.3 is 0 Å². The molecule has 0 aromatic carbocycles. The molecule has 5 heterocycles. The largest absolute Gasteiger partial charge is 0.373 e. The third-order valence-corrected chi connectivity index (χ3v) is 5.88. The van der Waals surface area contributed by atoms with Crippen LogP contribution in [-0.4, -0.2) is 75.0 Å². The fourth-order valence-electron chi connectivity index (χ4n) is 4.48. The highest BCUT2D eigenvalue weighted by Gasteiger charge is 2.59. The second kappa shape index (κ2) is 5.13. The van der Waals surface area contributed by atoms with Crippen molar-refractivity contribution in [3.8, 4) is 0 Å². The van der Waals surface area contributed by atoms with E-state index in [9.17, 15) is 0 Å². The van der Waals surface area contributed by atoms with E-state index >= 15 is 0 Å². The van der Waals surface area contributed by atoms with Gasteiger partial charge < -0.3 is 29.6 Å². The second-order valence-corrected chi connectivity index (χ2v) is 7.66. The highest BCUT2D eigenvalue weighted by molar-refractivity contribution is 5.18. The zero-order valence-corrected chi connectivity index (χ0v) is 13.0. The summed E-state index contributed by atoms with van der Waals surface area (Å²) in [5, 5.41) is 7.80. The molecule has 5 aliphatic heterocycles. The number of piperazine rings is 1. The number of nitrogens with one attached hydrogen (secondary N) is 2. The quantitative estimate of drug-likeness (QED) is 0.606. The lowest BCUT2D eigenvalue weighted by molar-refractivity contribution is 0.0354. The molecule has 0 spiro atoms. The van der Waals surface area contributed by atoms with Gasteiger partial charge in [0.1, 0.15) is 0 Å². The van der Waals surface area contributed by atoms with E-state index < -0.39 is 0 Å². The van der Waals surface area contributed by atoms with E-state index in [1.165, 1.54) is 0 Å². The standard InChI is InChI=1S/C16H26N2O4/c1-2-18-16(5-13-9-21-13,6-14-10-22-14)15(17-1,3-11-7-19-11)4-12-8-20-12/h11-14,17-18H,1-10H2. The molecule has 0 aromatic heterocycles. The molecular weight excluding hydrogens is 284 g/mol. The Balaban J connectivity index is 1.46. The van der Waals surface area contributed by atoms with Gasteiger partial charge in [0.2, 0.25) is 0 Å². The summed E-state index contributed by atoms with van der Waals surface area (Å²) in [5.74, 6) is 0. The summed E-state index contributed by atoms with van der Waals surface area (Å²) in [6.45, 7) is 5.65. The molecular formula is C16H26N2O4. The summed E-state index contributed by atoms with van der Waals surface area (Å²) in [7, 11) is 0. The number of ether oxygens (including phenoxy) is 4. The number of rotatable bonds is 8. The molecule has 5 saturated heterocycles. The lowest BCUT2D eigenvalue weighted by atomic mass is 9.65. The first-order valence-electron chi connectivity index (χ1n) is 8.73. The van der Waals surface area contributed by atoms with Crippen LogP contribution in [0.25, 0.3) is 0 Å². The maximum Gasteiger partial charge on any atom is 0.0828 e. The molecule has 0 amide bonds. The van der Waals surface area contributed by atoms with Crippen LogP contribution in [0.2, 0.25) is 0 Å². The van der Waals surface area contributed by atoms with Crippen molar-refractivity contribution in [2.75, 3.05) is 39.5 Å². The molecule has 5 rings (SSSR count). The summed E-state index contributed by atoms with van der Waals surface area (Å²) < 4.78 is 22.4. The fourth-order valence-corrected chi connectivity index (χ4v) is 4.48. The van der Waals surface area contributed by atoms with Gasteiger partial charge in [0.15, 0.2) is 0 Å². The topological polar surface area (TPSA) is 74.2 Å². The van der Waals surface area contributed by atoms with Crippen molar-refractivity contribution in [2.24, 2.45) is 0 Å². The Morgan fingerprint density at radius 3 is 1.09 bits per heavy atom. The van der Waals surface area contributed by atoms with Crippen molar-refractivity contribution in [3.63, 3.8) is 0 Å². The number of hydrogen-bond acceptors (Lipinski definition) is 6. The molecule has 5 aliphatic rings. The molecule has 4 unspecified atom stereocenters. The maximum absolute atomic E-state index is 5.60. The van der Waals surface area contributed by atoms with Crippen molar-refractivity contribution in [1.82, 2.24) is 10.6 Å². The van der Waals surface area contributed by atoms with E-state index in [0.29, 0.717) is 24.4 Å². The van der Waals surface area contributed by atoms with E-state index in [1.54, 1.807) is 0 Å². The van der Waals surface area contributed by atoms with Crippen molar-refractivity contribution >= 4 is 0 Å². The van der Waals surface area contributed by atoms with Gasteiger partial charge in [0.05, 0.1) is 50.8 Å². The second-order valence-electron chi connectivity index (χ2n) is 7.66. The molecule has 6 nitrogen and oxygen atoms in total. The Morgan fingerprint density at radius 2 is 0.864 bits per heavy atom. The minimum atomic E-state index is 0.0332. The Bertz CT molecular complexity index is 362. The van der Waals surface area contributed by atoms with Gasteiger partial charge in [-0.2, -0.15) is 0 Å². The van der Waals surface area contributed by atoms with Crippen LogP contribution in [0.15, 0.2) is 0 Å². The molecule has 6 heteroatoms. The molecule has 4 atom stereocenters. The molecule has 0 saturated carbocycles. The average molecular weight is 310 g/mol. The first kappa shape index (κ1) is 14.1. The number of hydrogen-bond donors (Lipinski definition) is 2. The predicted octanol–water partition coefficient (Wildman–Crippen LogP) is -0.188. The van der Waals surface area contributed by atoms with Crippen LogP contribution < -0.4 is 10.6 Å². The smallest absolute Gasteiger partial charge is 0.0828 e. The van der Waals surface area contributed by atoms with E-state index in [0.717, 1.165) is 65.2 Å². The van der Waals surface area contributed by atoms with Gasteiger partial charge in [-0.15, -0.1) is 0 Å². The highest BCUT2D eigenvalue weighted by atomic mass is 16.6. The van der Waals surface area contributed by atoms with E-state index in [2.05, 4.69) is 10.6 Å². The highest BCUT2D eigenvalue weighted by Crippen LogP contribution is 2.46. The van der Waals surface area contributed by atoms with E-state index in [1.807, 2.05) is 0 Å². The fraction of sp³-hybridized carbons (Fsp3) is 1.00. The maximum atomic E-state index is 5.60. The van der Waals surface area contributed by atoms with E-state index in [4.69, 9.17) is 18.9 Å². The number of epoxide rings is 4. The van der Waals surface area contributed by atoms with Gasteiger partial charge in [-0.3, -0.25) is 0 Å². The zero-order valence-electron chi connectivity index (χ0n) is 13.0. The summed E-state index contributed by atoms with van der Waals surface area (Å²) >= 11 is 0. The Hall–Kier alpha value is -0.240. The average Bonchev–Trinajstić information content (AvgIpc) is 3.32. The van der Waals surface area contributed by atoms with Gasteiger partial charge in [-0.05, 0) is 25.7 Å². The van der Waals surface area contributed by atoms with Gasteiger partial charge in [-0.25, -0.2) is 0 Å². The molecule has 2 N–H and O–H groups in total. The van der Waals surface area contributed by atoms with Gasteiger partial charge in [-0.1, -0.05) is 0 Å². The summed E-state index contributed by atoms with van der Waals surface area (Å²) in [5.41, 5.74) is 0.0664. The van der Waals surface area contributed by atoms with Crippen LogP contribution in [0.5, 0.6) is 0 Å². The van der Waals surface area contributed by atoms with Crippen LogP contribution in [0, 0.1) is 0 Å². The normalized spacial score (nSPS) is 52.4. The van der Waals surface area contributed by atoms with Crippen molar-refractivity contribution < 1.29 is 18.9 Å². The minimum Gasteiger partial charge on any atom is -0.373 e. The predicted molar refractivity (Wildman–Crippen MR) is 78.9 cm³/mol. The Labute approximate surface area is 131 Å². The molecule has 0 aliphatic carbocycles. The third kappa shape index (κ3) is 2.81. The molecule has 22 heavy (non-hydrogen) atoms. The lowest BCUT2D eigenvalue weighted by Crippen LogP contribution is -2.75. The SMILES string of the molecule is C1CNC(CC2CO2)(CC2CO2)C(CC2CO2)(CC2CO2)N1. The summed E-state index contributed by atoms with van der Waals surface area (Å²) in [6, 6.07) is 0. The first-order valence-corrected chi connectivity index (χ1v) is 8.73. The molecule has 5 fully saturated rings. The minimum absolute atomic E-state index is 0.0332. The van der Waals surface area contributed by atoms with Crippen LogP contribution in [-0.2, 0) is 18.9 Å². The van der Waals surface area contributed by atoms with Crippen LogP contribution in [0.3, 0.4) is 0 Å². The van der Waals surface area contributed by atoms with Crippen molar-refractivity contribution in [1.29, 1.82) is 0 Å². The monoisotopic (exact) mass is 310 g/mol. The Morgan fingerprint density at radius 1 is 0.591 bits per heavy atom. The summed E-state index contributed by atoms with van der Waals surface area (Å²) in [6.07, 6.45) is 5.91. The molecule has 0 bridgehead atoms. The molecule has 0 radical (unpaired) electrons. The van der Waals surface area contributed by atoms with Crippen LogP contribution in [0.1, 0.15) is 25.7 Å². The summed E-state index contributed by atoms with van der Waals surface area (Å²) in [4.78, 5) is 0. The zero-order chi connectivity index (χ0) is 14.6. The molecule has 0 aromatic rings. The van der Waals surface area contributed by atoms with E-state index in [-0.39, 0.29) is 11.1 Å².